The number of carbonyl (C=O) groups is 1. The molecule has 0 amide bonds. The first-order valence-corrected chi connectivity index (χ1v) is 10.9. The zero-order valence-corrected chi connectivity index (χ0v) is 17.1. The molecule has 0 radical (unpaired) electrons. The molecule has 0 N–H and O–H groups in total. The summed E-state index contributed by atoms with van der Waals surface area (Å²) in [5.41, 5.74) is 1.62. The Labute approximate surface area is 175 Å². The van der Waals surface area contributed by atoms with E-state index in [9.17, 15) is 13.2 Å². The van der Waals surface area contributed by atoms with Crippen molar-refractivity contribution in [2.75, 3.05) is 16.8 Å². The van der Waals surface area contributed by atoms with Crippen LogP contribution >= 0.6 is 11.6 Å². The SMILES string of the molecule is O=C(OCCCl)c1ccc(N(Cc2ccccc2)S(=O)(=O)c2ccccc2)cc1. The first-order chi connectivity index (χ1) is 14.0. The van der Waals surface area contributed by atoms with E-state index in [1.54, 1.807) is 54.6 Å². The number of sulfonamides is 1. The van der Waals surface area contributed by atoms with Crippen LogP contribution in [0.4, 0.5) is 5.69 Å². The molecule has 0 bridgehead atoms. The lowest BCUT2D eigenvalue weighted by Gasteiger charge is -2.25. The molecule has 3 aromatic carbocycles. The van der Waals surface area contributed by atoms with Gasteiger partial charge in [-0.05, 0) is 42.0 Å². The number of ether oxygens (including phenoxy) is 1. The van der Waals surface area contributed by atoms with Crippen LogP contribution < -0.4 is 4.31 Å². The zero-order chi connectivity index (χ0) is 20.7. The number of halogens is 1. The smallest absolute Gasteiger partial charge is 0.338 e. The molecule has 0 aliphatic carbocycles. The van der Waals surface area contributed by atoms with Gasteiger partial charge in [0.15, 0.2) is 0 Å². The van der Waals surface area contributed by atoms with Crippen LogP contribution in [0.15, 0.2) is 89.8 Å². The number of benzene rings is 3. The van der Waals surface area contributed by atoms with E-state index in [-0.39, 0.29) is 23.9 Å². The first kappa shape index (κ1) is 20.9. The van der Waals surface area contributed by atoms with Crippen LogP contribution in [0, 0.1) is 0 Å². The molecule has 0 unspecified atom stereocenters. The van der Waals surface area contributed by atoms with Gasteiger partial charge in [-0.3, -0.25) is 4.31 Å². The van der Waals surface area contributed by atoms with E-state index in [4.69, 9.17) is 16.3 Å². The topological polar surface area (TPSA) is 63.7 Å². The molecule has 0 spiro atoms. The highest BCUT2D eigenvalue weighted by molar-refractivity contribution is 7.92. The molecule has 0 saturated heterocycles. The van der Waals surface area contributed by atoms with Crippen molar-refractivity contribution >= 4 is 33.3 Å². The average Bonchev–Trinajstić information content (AvgIpc) is 2.77. The maximum Gasteiger partial charge on any atom is 0.338 e. The third-order valence-electron chi connectivity index (χ3n) is 4.20. The molecule has 0 heterocycles. The van der Waals surface area contributed by atoms with Crippen molar-refractivity contribution in [1.82, 2.24) is 0 Å². The van der Waals surface area contributed by atoms with Gasteiger partial charge in [0.05, 0.1) is 28.6 Å². The van der Waals surface area contributed by atoms with E-state index in [1.165, 1.54) is 4.31 Å². The molecule has 3 rings (SSSR count). The Morgan fingerprint density at radius 3 is 2.03 bits per heavy atom. The molecule has 0 aliphatic rings. The minimum Gasteiger partial charge on any atom is -0.461 e. The Bertz CT molecular complexity index is 1040. The van der Waals surface area contributed by atoms with Gasteiger partial charge in [0, 0.05) is 0 Å². The number of anilines is 1. The van der Waals surface area contributed by atoms with Gasteiger partial charge in [-0.15, -0.1) is 11.6 Å². The Hall–Kier alpha value is -2.83. The summed E-state index contributed by atoms with van der Waals surface area (Å²) in [7, 11) is -3.80. The Morgan fingerprint density at radius 2 is 1.45 bits per heavy atom. The largest absolute Gasteiger partial charge is 0.461 e. The van der Waals surface area contributed by atoms with Crippen molar-refractivity contribution in [3.05, 3.63) is 96.1 Å². The highest BCUT2D eigenvalue weighted by atomic mass is 35.5. The minimum atomic E-state index is -3.80. The fourth-order valence-corrected chi connectivity index (χ4v) is 4.31. The molecule has 7 heteroatoms. The van der Waals surface area contributed by atoms with Crippen LogP contribution in [-0.4, -0.2) is 26.9 Å². The van der Waals surface area contributed by atoms with Gasteiger partial charge in [0.2, 0.25) is 0 Å². The van der Waals surface area contributed by atoms with Crippen molar-refractivity contribution in [3.8, 4) is 0 Å². The lowest BCUT2D eigenvalue weighted by molar-refractivity contribution is 0.0529. The maximum atomic E-state index is 13.3. The summed E-state index contributed by atoms with van der Waals surface area (Å²) < 4.78 is 33.0. The van der Waals surface area contributed by atoms with Crippen molar-refractivity contribution < 1.29 is 17.9 Å². The molecule has 0 aliphatic heterocycles. The lowest BCUT2D eigenvalue weighted by atomic mass is 10.2. The van der Waals surface area contributed by atoms with Crippen LogP contribution in [0.5, 0.6) is 0 Å². The molecule has 0 atom stereocenters. The summed E-state index contributed by atoms with van der Waals surface area (Å²) in [5.74, 6) is -0.290. The molecule has 0 fully saturated rings. The van der Waals surface area contributed by atoms with Crippen molar-refractivity contribution in [1.29, 1.82) is 0 Å². The minimum absolute atomic E-state index is 0.116. The fourth-order valence-electron chi connectivity index (χ4n) is 2.76. The standard InChI is InChI=1S/C22H20ClNO4S/c23-15-16-28-22(25)19-11-13-20(14-12-19)24(17-18-7-3-1-4-8-18)29(26,27)21-9-5-2-6-10-21/h1-14H,15-17H2. The van der Waals surface area contributed by atoms with Crippen LogP contribution in [0.25, 0.3) is 0 Å². The van der Waals surface area contributed by atoms with Gasteiger partial charge in [-0.1, -0.05) is 48.5 Å². The summed E-state index contributed by atoms with van der Waals surface area (Å²) >= 11 is 5.53. The second-order valence-electron chi connectivity index (χ2n) is 6.18. The van der Waals surface area contributed by atoms with E-state index in [2.05, 4.69) is 0 Å². The van der Waals surface area contributed by atoms with Crippen LogP contribution in [0.3, 0.4) is 0 Å². The second-order valence-corrected chi connectivity index (χ2v) is 8.42. The Morgan fingerprint density at radius 1 is 0.862 bits per heavy atom. The predicted molar refractivity (Wildman–Crippen MR) is 114 cm³/mol. The Kier molecular flexibility index (Phi) is 6.90. The summed E-state index contributed by atoms with van der Waals surface area (Å²) in [5, 5.41) is 0. The van der Waals surface area contributed by atoms with Gasteiger partial charge in [-0.2, -0.15) is 0 Å². The molecule has 0 aromatic heterocycles. The van der Waals surface area contributed by atoms with Gasteiger partial charge in [-0.25, -0.2) is 13.2 Å². The lowest BCUT2D eigenvalue weighted by Crippen LogP contribution is -2.30. The van der Waals surface area contributed by atoms with E-state index >= 15 is 0 Å². The van der Waals surface area contributed by atoms with Gasteiger partial charge >= 0.3 is 5.97 Å². The summed E-state index contributed by atoms with van der Waals surface area (Å²) in [6.45, 7) is 0.277. The summed E-state index contributed by atoms with van der Waals surface area (Å²) in [4.78, 5) is 12.2. The normalized spacial score (nSPS) is 11.1. The average molecular weight is 430 g/mol. The molecular formula is C22H20ClNO4S. The van der Waals surface area contributed by atoms with Gasteiger partial charge < -0.3 is 4.74 Å². The zero-order valence-electron chi connectivity index (χ0n) is 15.6. The molecule has 0 saturated carbocycles. The van der Waals surface area contributed by atoms with Crippen LogP contribution in [0.1, 0.15) is 15.9 Å². The second kappa shape index (κ2) is 9.58. The molecule has 150 valence electrons. The maximum absolute atomic E-state index is 13.3. The number of rotatable bonds is 8. The van der Waals surface area contributed by atoms with Crippen molar-refractivity contribution in [2.24, 2.45) is 0 Å². The molecule has 5 nitrogen and oxygen atoms in total. The van der Waals surface area contributed by atoms with Crippen LogP contribution in [0.2, 0.25) is 0 Å². The third-order valence-corrected chi connectivity index (χ3v) is 6.14. The highest BCUT2D eigenvalue weighted by Crippen LogP contribution is 2.26. The van der Waals surface area contributed by atoms with Crippen LogP contribution in [-0.2, 0) is 21.3 Å². The fraction of sp³-hybridized carbons (Fsp3) is 0.136. The van der Waals surface area contributed by atoms with Crippen molar-refractivity contribution in [3.63, 3.8) is 0 Å². The number of esters is 1. The third kappa shape index (κ3) is 5.16. The molecule has 29 heavy (non-hydrogen) atoms. The predicted octanol–water partition coefficient (Wildman–Crippen LogP) is 4.48. The monoisotopic (exact) mass is 429 g/mol. The van der Waals surface area contributed by atoms with E-state index in [0.29, 0.717) is 11.3 Å². The molecular weight excluding hydrogens is 410 g/mol. The van der Waals surface area contributed by atoms with E-state index in [0.717, 1.165) is 5.56 Å². The summed E-state index contributed by atoms with van der Waals surface area (Å²) in [6, 6.07) is 23.9. The Balaban J connectivity index is 1.96. The number of hydrogen-bond donors (Lipinski definition) is 0. The van der Waals surface area contributed by atoms with E-state index < -0.39 is 16.0 Å². The highest BCUT2D eigenvalue weighted by Gasteiger charge is 2.25. The van der Waals surface area contributed by atoms with E-state index in [1.807, 2.05) is 30.3 Å². The molecule has 3 aromatic rings. The number of hydrogen-bond acceptors (Lipinski definition) is 4. The van der Waals surface area contributed by atoms with Gasteiger partial charge in [0.25, 0.3) is 10.0 Å². The number of alkyl halides is 1. The summed E-state index contributed by atoms with van der Waals surface area (Å²) in [6.07, 6.45) is 0. The van der Waals surface area contributed by atoms with Crippen molar-refractivity contribution in [2.45, 2.75) is 11.4 Å². The number of nitrogens with zero attached hydrogens (tertiary/aromatic N) is 1. The number of carbonyl (C=O) groups excluding carboxylic acids is 1. The van der Waals surface area contributed by atoms with Gasteiger partial charge in [0.1, 0.15) is 6.61 Å². The quantitative estimate of drug-likeness (QED) is 0.391. The first-order valence-electron chi connectivity index (χ1n) is 8.97.